The van der Waals surface area contributed by atoms with E-state index < -0.39 is 0 Å². The third-order valence-electron chi connectivity index (χ3n) is 3.71. The van der Waals surface area contributed by atoms with Gasteiger partial charge in [0.25, 0.3) is 5.91 Å². The zero-order valence-electron chi connectivity index (χ0n) is 12.5. The number of hydrogen-bond donors (Lipinski definition) is 1. The molecular formula is C16H23N3O2. The van der Waals surface area contributed by atoms with Crippen molar-refractivity contribution >= 4 is 11.8 Å². The number of hydrogen-bond acceptors (Lipinski definition) is 3. The molecular weight excluding hydrogens is 266 g/mol. The lowest BCUT2D eigenvalue weighted by molar-refractivity contribution is -0.132. The van der Waals surface area contributed by atoms with Crippen LogP contribution in [0.15, 0.2) is 30.3 Å². The fourth-order valence-corrected chi connectivity index (χ4v) is 2.45. The molecule has 1 N–H and O–H groups in total. The van der Waals surface area contributed by atoms with Gasteiger partial charge in [-0.3, -0.25) is 9.59 Å². The lowest BCUT2D eigenvalue weighted by Crippen LogP contribution is -2.50. The molecule has 0 unspecified atom stereocenters. The van der Waals surface area contributed by atoms with Crippen LogP contribution in [-0.2, 0) is 4.79 Å². The third kappa shape index (κ3) is 4.29. The van der Waals surface area contributed by atoms with Gasteiger partial charge in [0.05, 0.1) is 0 Å². The van der Waals surface area contributed by atoms with Gasteiger partial charge < -0.3 is 15.1 Å². The van der Waals surface area contributed by atoms with Gasteiger partial charge in [-0.15, -0.1) is 0 Å². The Morgan fingerprint density at radius 2 is 1.67 bits per heavy atom. The van der Waals surface area contributed by atoms with Gasteiger partial charge in [0.15, 0.2) is 0 Å². The van der Waals surface area contributed by atoms with Crippen molar-refractivity contribution in [2.75, 3.05) is 39.3 Å². The van der Waals surface area contributed by atoms with E-state index >= 15 is 0 Å². The summed E-state index contributed by atoms with van der Waals surface area (Å²) in [6.07, 6.45) is 0.528. The van der Waals surface area contributed by atoms with E-state index in [2.05, 4.69) is 5.32 Å². The Morgan fingerprint density at radius 3 is 2.29 bits per heavy atom. The Kier molecular flexibility index (Phi) is 5.75. The predicted octanol–water partition coefficient (Wildman–Crippen LogP) is 0.971. The number of benzene rings is 1. The topological polar surface area (TPSA) is 52.7 Å². The van der Waals surface area contributed by atoms with E-state index in [0.29, 0.717) is 38.2 Å². The molecule has 0 saturated carbocycles. The molecule has 1 saturated heterocycles. The molecule has 1 fully saturated rings. The second kappa shape index (κ2) is 7.78. The van der Waals surface area contributed by atoms with Crippen LogP contribution < -0.4 is 5.32 Å². The van der Waals surface area contributed by atoms with Gasteiger partial charge >= 0.3 is 0 Å². The van der Waals surface area contributed by atoms with Crippen molar-refractivity contribution in [3.63, 3.8) is 0 Å². The van der Waals surface area contributed by atoms with E-state index in [1.54, 1.807) is 0 Å². The van der Waals surface area contributed by atoms with Crippen molar-refractivity contribution in [3.05, 3.63) is 35.9 Å². The molecule has 1 aliphatic heterocycles. The van der Waals surface area contributed by atoms with Crippen LogP contribution in [-0.4, -0.2) is 60.9 Å². The number of amides is 2. The summed E-state index contributed by atoms with van der Waals surface area (Å²) in [6.45, 7) is 6.11. The van der Waals surface area contributed by atoms with Gasteiger partial charge in [-0.25, -0.2) is 0 Å². The van der Waals surface area contributed by atoms with E-state index in [9.17, 15) is 9.59 Å². The van der Waals surface area contributed by atoms with E-state index in [0.717, 1.165) is 13.1 Å². The van der Waals surface area contributed by atoms with Crippen LogP contribution in [0.3, 0.4) is 0 Å². The zero-order chi connectivity index (χ0) is 15.1. The van der Waals surface area contributed by atoms with Crippen molar-refractivity contribution < 1.29 is 9.59 Å². The maximum absolute atomic E-state index is 12.3. The highest BCUT2D eigenvalue weighted by Crippen LogP contribution is 2.09. The van der Waals surface area contributed by atoms with Crippen LogP contribution in [0.5, 0.6) is 0 Å². The van der Waals surface area contributed by atoms with Gasteiger partial charge in [-0.1, -0.05) is 25.1 Å². The number of nitrogens with one attached hydrogen (secondary N) is 1. The third-order valence-corrected chi connectivity index (χ3v) is 3.71. The van der Waals surface area contributed by atoms with E-state index in [-0.39, 0.29) is 11.8 Å². The van der Waals surface area contributed by atoms with Crippen LogP contribution in [0.4, 0.5) is 0 Å². The number of rotatable bonds is 5. The molecule has 1 heterocycles. The van der Waals surface area contributed by atoms with Crippen LogP contribution in [0.1, 0.15) is 23.7 Å². The van der Waals surface area contributed by atoms with Gasteiger partial charge in [0.1, 0.15) is 0 Å². The highest BCUT2D eigenvalue weighted by atomic mass is 16.2. The molecule has 114 valence electrons. The molecule has 0 atom stereocenters. The molecule has 1 aromatic carbocycles. The second-order valence-electron chi connectivity index (χ2n) is 5.14. The van der Waals surface area contributed by atoms with Gasteiger partial charge in [0, 0.05) is 44.7 Å². The SMILES string of the molecule is CCNCCC(=O)N1CCN(C(=O)c2ccccc2)CC1. The van der Waals surface area contributed by atoms with E-state index in [1.807, 2.05) is 47.1 Å². The number of carbonyl (C=O) groups excluding carboxylic acids is 2. The summed E-state index contributed by atoms with van der Waals surface area (Å²) < 4.78 is 0. The van der Waals surface area contributed by atoms with Crippen molar-refractivity contribution in [2.45, 2.75) is 13.3 Å². The molecule has 0 spiro atoms. The quantitative estimate of drug-likeness (QED) is 0.822. The molecule has 21 heavy (non-hydrogen) atoms. The van der Waals surface area contributed by atoms with Crippen LogP contribution in [0.2, 0.25) is 0 Å². The number of piperazine rings is 1. The highest BCUT2D eigenvalue weighted by molar-refractivity contribution is 5.94. The first-order valence-electron chi connectivity index (χ1n) is 7.55. The molecule has 0 bridgehead atoms. The number of nitrogens with zero attached hydrogens (tertiary/aromatic N) is 2. The number of carbonyl (C=O) groups is 2. The molecule has 0 aliphatic carbocycles. The minimum Gasteiger partial charge on any atom is -0.339 e. The summed E-state index contributed by atoms with van der Waals surface area (Å²) in [5.41, 5.74) is 0.712. The van der Waals surface area contributed by atoms with Gasteiger partial charge in [-0.2, -0.15) is 0 Å². The molecule has 1 aliphatic rings. The smallest absolute Gasteiger partial charge is 0.253 e. The average molecular weight is 289 g/mol. The average Bonchev–Trinajstić information content (AvgIpc) is 2.55. The molecule has 0 radical (unpaired) electrons. The predicted molar refractivity (Wildman–Crippen MR) is 82.1 cm³/mol. The lowest BCUT2D eigenvalue weighted by atomic mass is 10.2. The summed E-state index contributed by atoms with van der Waals surface area (Å²) in [4.78, 5) is 28.0. The molecule has 2 amide bonds. The monoisotopic (exact) mass is 289 g/mol. The van der Waals surface area contributed by atoms with Crippen LogP contribution in [0.25, 0.3) is 0 Å². The summed E-state index contributed by atoms with van der Waals surface area (Å²) in [5, 5.41) is 3.15. The maximum atomic E-state index is 12.3. The van der Waals surface area contributed by atoms with Gasteiger partial charge in [0.2, 0.25) is 5.91 Å². The van der Waals surface area contributed by atoms with Crippen molar-refractivity contribution in [1.29, 1.82) is 0 Å². The lowest BCUT2D eigenvalue weighted by Gasteiger charge is -2.35. The first-order chi connectivity index (χ1) is 10.2. The van der Waals surface area contributed by atoms with Crippen LogP contribution in [0, 0.1) is 0 Å². The molecule has 0 aromatic heterocycles. The molecule has 5 heteroatoms. The Labute approximate surface area is 125 Å². The summed E-state index contributed by atoms with van der Waals surface area (Å²) in [7, 11) is 0. The van der Waals surface area contributed by atoms with E-state index in [1.165, 1.54) is 0 Å². The van der Waals surface area contributed by atoms with Crippen molar-refractivity contribution in [1.82, 2.24) is 15.1 Å². The fraction of sp³-hybridized carbons (Fsp3) is 0.500. The minimum atomic E-state index is 0.0512. The first kappa shape index (κ1) is 15.5. The fourth-order valence-electron chi connectivity index (χ4n) is 2.45. The Hall–Kier alpha value is -1.88. The molecule has 5 nitrogen and oxygen atoms in total. The maximum Gasteiger partial charge on any atom is 0.253 e. The summed E-state index contributed by atoms with van der Waals surface area (Å²) in [5.74, 6) is 0.220. The summed E-state index contributed by atoms with van der Waals surface area (Å²) >= 11 is 0. The first-order valence-corrected chi connectivity index (χ1v) is 7.55. The van der Waals surface area contributed by atoms with Crippen LogP contribution >= 0.6 is 0 Å². The Bertz CT molecular complexity index is 468. The Balaban J connectivity index is 1.80. The second-order valence-corrected chi connectivity index (χ2v) is 5.14. The van der Waals surface area contributed by atoms with Gasteiger partial charge in [-0.05, 0) is 18.7 Å². The van der Waals surface area contributed by atoms with Crippen molar-refractivity contribution in [2.24, 2.45) is 0 Å². The van der Waals surface area contributed by atoms with Crippen molar-refractivity contribution in [3.8, 4) is 0 Å². The minimum absolute atomic E-state index is 0.0512. The zero-order valence-corrected chi connectivity index (χ0v) is 12.5. The summed E-state index contributed by atoms with van der Waals surface area (Å²) in [6, 6.07) is 9.30. The molecule has 2 rings (SSSR count). The standard InChI is InChI=1S/C16H23N3O2/c1-2-17-9-8-15(20)18-10-12-19(13-11-18)16(21)14-6-4-3-5-7-14/h3-7,17H,2,8-13H2,1H3. The van der Waals surface area contributed by atoms with E-state index in [4.69, 9.17) is 0 Å². The highest BCUT2D eigenvalue weighted by Gasteiger charge is 2.24. The normalized spacial score (nSPS) is 15.1. The largest absolute Gasteiger partial charge is 0.339 e. The Morgan fingerprint density at radius 1 is 1.05 bits per heavy atom. The molecule has 1 aromatic rings.